The zero-order valence-electron chi connectivity index (χ0n) is 13.2. The van der Waals surface area contributed by atoms with Crippen molar-refractivity contribution in [3.63, 3.8) is 0 Å². The summed E-state index contributed by atoms with van der Waals surface area (Å²) in [5.41, 5.74) is 3.69. The van der Waals surface area contributed by atoms with Crippen LogP contribution >= 0.6 is 0 Å². The summed E-state index contributed by atoms with van der Waals surface area (Å²) in [7, 11) is 0. The quantitative estimate of drug-likeness (QED) is 0.447. The van der Waals surface area contributed by atoms with Gasteiger partial charge in [-0.15, -0.1) is 6.42 Å². The molecule has 0 fully saturated rings. The van der Waals surface area contributed by atoms with Gasteiger partial charge in [-0.1, -0.05) is 5.92 Å². The van der Waals surface area contributed by atoms with Gasteiger partial charge < -0.3 is 5.32 Å². The molecular formula is C18H12FN5O. The van der Waals surface area contributed by atoms with Crippen molar-refractivity contribution in [2.75, 3.05) is 5.32 Å². The Hall–Kier alpha value is -3.66. The average molecular weight is 333 g/mol. The maximum Gasteiger partial charge on any atom is 0.212 e. The number of nitrogens with zero attached hydrogens (tertiary/aromatic N) is 3. The van der Waals surface area contributed by atoms with Gasteiger partial charge in [0.15, 0.2) is 5.82 Å². The molecule has 1 aromatic carbocycles. The predicted molar refractivity (Wildman–Crippen MR) is 92.6 cm³/mol. The molecule has 0 atom stereocenters. The van der Waals surface area contributed by atoms with Crippen molar-refractivity contribution in [1.29, 1.82) is 0 Å². The fourth-order valence-corrected chi connectivity index (χ4v) is 2.99. The molecule has 0 radical (unpaired) electrons. The first-order valence-electron chi connectivity index (χ1n) is 7.46. The Balaban J connectivity index is 2.02. The molecule has 25 heavy (non-hydrogen) atoms. The van der Waals surface area contributed by atoms with Gasteiger partial charge in [-0.05, 0) is 35.7 Å². The highest BCUT2D eigenvalue weighted by Gasteiger charge is 2.17. The van der Waals surface area contributed by atoms with E-state index in [2.05, 4.69) is 26.5 Å². The lowest BCUT2D eigenvalue weighted by atomic mass is 9.95. The molecule has 122 valence electrons. The van der Waals surface area contributed by atoms with Crippen LogP contribution in [0.15, 0.2) is 30.5 Å². The van der Waals surface area contributed by atoms with Crippen LogP contribution in [0.1, 0.15) is 11.3 Å². The second kappa shape index (κ2) is 5.46. The van der Waals surface area contributed by atoms with Crippen LogP contribution in [0.25, 0.3) is 27.5 Å². The van der Waals surface area contributed by atoms with Crippen LogP contribution in [0.5, 0.6) is 0 Å². The zero-order chi connectivity index (χ0) is 17.6. The smallest absolute Gasteiger partial charge is 0.212 e. The molecule has 4 aromatic rings. The van der Waals surface area contributed by atoms with Crippen LogP contribution in [0.3, 0.4) is 0 Å². The number of hydrogen-bond donors (Lipinski definition) is 2. The molecule has 0 bridgehead atoms. The first-order chi connectivity index (χ1) is 12.1. The summed E-state index contributed by atoms with van der Waals surface area (Å²) >= 11 is 0. The molecule has 0 saturated heterocycles. The molecule has 3 aromatic heterocycles. The summed E-state index contributed by atoms with van der Waals surface area (Å²) in [4.78, 5) is 10.6. The third-order valence-corrected chi connectivity index (χ3v) is 4.14. The average Bonchev–Trinajstić information content (AvgIpc) is 3.18. The first-order valence-corrected chi connectivity index (χ1v) is 7.46. The lowest BCUT2D eigenvalue weighted by molar-refractivity contribution is -0.105. The molecule has 6 nitrogen and oxygen atoms in total. The van der Waals surface area contributed by atoms with Gasteiger partial charge in [0.2, 0.25) is 6.41 Å². The highest BCUT2D eigenvalue weighted by atomic mass is 19.1. The summed E-state index contributed by atoms with van der Waals surface area (Å²) in [6.07, 6.45) is 7.86. The highest BCUT2D eigenvalue weighted by Crippen LogP contribution is 2.35. The molecule has 0 aliphatic carbocycles. The van der Waals surface area contributed by atoms with Gasteiger partial charge in [0.1, 0.15) is 11.5 Å². The van der Waals surface area contributed by atoms with E-state index in [1.165, 1.54) is 6.07 Å². The van der Waals surface area contributed by atoms with E-state index in [0.29, 0.717) is 40.0 Å². The second-order valence-electron chi connectivity index (χ2n) is 5.57. The molecule has 7 heteroatoms. The Kier molecular flexibility index (Phi) is 3.25. The number of carbonyl (C=O) groups excluding carboxylic acids is 1. The maximum atomic E-state index is 14.4. The van der Waals surface area contributed by atoms with Crippen molar-refractivity contribution in [2.24, 2.45) is 0 Å². The number of aromatic nitrogens is 4. The lowest BCUT2D eigenvalue weighted by Gasteiger charge is -2.10. The highest BCUT2D eigenvalue weighted by molar-refractivity contribution is 6.00. The van der Waals surface area contributed by atoms with Crippen LogP contribution in [0.4, 0.5) is 10.2 Å². The van der Waals surface area contributed by atoms with Crippen molar-refractivity contribution < 1.29 is 9.18 Å². The topological polar surface area (TPSA) is 75.1 Å². The van der Waals surface area contributed by atoms with Gasteiger partial charge in [-0.25, -0.2) is 8.91 Å². The fourth-order valence-electron chi connectivity index (χ4n) is 2.99. The fraction of sp³-hybridized carbons (Fsp3) is 0.0556. The van der Waals surface area contributed by atoms with Crippen LogP contribution in [0.2, 0.25) is 0 Å². The Labute approximate surface area is 141 Å². The van der Waals surface area contributed by atoms with Crippen molar-refractivity contribution >= 4 is 28.6 Å². The number of fused-ring (bicyclic) bond motifs is 2. The van der Waals surface area contributed by atoms with Crippen LogP contribution < -0.4 is 5.32 Å². The molecule has 1 amide bonds. The molecule has 0 unspecified atom stereocenters. The maximum absolute atomic E-state index is 14.4. The van der Waals surface area contributed by atoms with Crippen molar-refractivity contribution in [3.05, 3.63) is 47.5 Å². The van der Waals surface area contributed by atoms with Gasteiger partial charge >= 0.3 is 0 Å². The number of carbonyl (C=O) groups is 1. The Morgan fingerprint density at radius 2 is 2.24 bits per heavy atom. The number of hydrogen-bond acceptors (Lipinski definition) is 3. The minimum Gasteiger partial charge on any atom is -0.312 e. The number of pyridine rings is 1. The van der Waals surface area contributed by atoms with E-state index in [4.69, 9.17) is 6.42 Å². The van der Waals surface area contributed by atoms with Gasteiger partial charge in [0.05, 0.1) is 11.0 Å². The van der Waals surface area contributed by atoms with Crippen molar-refractivity contribution in [1.82, 2.24) is 19.8 Å². The van der Waals surface area contributed by atoms with E-state index < -0.39 is 0 Å². The van der Waals surface area contributed by atoms with Crippen LogP contribution in [-0.2, 0) is 4.79 Å². The normalized spacial score (nSPS) is 10.9. The largest absolute Gasteiger partial charge is 0.312 e. The van der Waals surface area contributed by atoms with E-state index in [1.54, 1.807) is 23.7 Å². The molecular weight excluding hydrogens is 321 g/mol. The summed E-state index contributed by atoms with van der Waals surface area (Å²) in [6, 6.07) is 6.77. The summed E-state index contributed by atoms with van der Waals surface area (Å²) in [5.74, 6) is 2.64. The summed E-state index contributed by atoms with van der Waals surface area (Å²) < 4.78 is 16.0. The number of amides is 1. The number of rotatable bonds is 3. The van der Waals surface area contributed by atoms with E-state index in [1.807, 2.05) is 12.1 Å². The van der Waals surface area contributed by atoms with E-state index in [0.717, 1.165) is 11.1 Å². The summed E-state index contributed by atoms with van der Waals surface area (Å²) in [6.45, 7) is 1.71. The van der Waals surface area contributed by atoms with E-state index in [-0.39, 0.29) is 5.82 Å². The zero-order valence-corrected chi connectivity index (χ0v) is 13.2. The Morgan fingerprint density at radius 3 is 3.00 bits per heavy atom. The van der Waals surface area contributed by atoms with Gasteiger partial charge in [0.25, 0.3) is 0 Å². The molecule has 0 aliphatic heterocycles. The molecule has 2 N–H and O–H groups in total. The minimum absolute atomic E-state index is 0.353. The van der Waals surface area contributed by atoms with Crippen molar-refractivity contribution in [2.45, 2.75) is 6.92 Å². The molecule has 0 aliphatic rings. The van der Waals surface area contributed by atoms with Crippen LogP contribution in [-0.4, -0.2) is 26.2 Å². The molecule has 4 rings (SSSR count). The third-order valence-electron chi connectivity index (χ3n) is 4.14. The lowest BCUT2D eigenvalue weighted by Crippen LogP contribution is -1.95. The minimum atomic E-state index is -0.353. The molecule has 0 spiro atoms. The van der Waals surface area contributed by atoms with Crippen molar-refractivity contribution in [3.8, 4) is 23.5 Å². The number of terminal acetylenes is 1. The number of aromatic amines is 1. The van der Waals surface area contributed by atoms with E-state index >= 15 is 0 Å². The summed E-state index contributed by atoms with van der Waals surface area (Å²) in [5, 5.41) is 14.3. The Morgan fingerprint density at radius 1 is 1.40 bits per heavy atom. The van der Waals surface area contributed by atoms with Gasteiger partial charge in [-0.2, -0.15) is 10.2 Å². The molecule has 3 heterocycles. The number of halogens is 1. The SMILES string of the molecule is C#Cc1[nH]nc2cc(F)c(C)c(-c3ccn4nc(NC=O)cc4c3)c12. The second-order valence-corrected chi connectivity index (χ2v) is 5.57. The first kappa shape index (κ1) is 14.9. The third kappa shape index (κ3) is 2.23. The van der Waals surface area contributed by atoms with Crippen LogP contribution in [0, 0.1) is 25.1 Å². The number of H-pyrrole nitrogens is 1. The number of nitrogens with one attached hydrogen (secondary N) is 2. The Bertz CT molecular complexity index is 1180. The predicted octanol–water partition coefficient (Wildman–Crippen LogP) is 2.87. The monoisotopic (exact) mass is 333 g/mol. The molecule has 0 saturated carbocycles. The van der Waals surface area contributed by atoms with Gasteiger partial charge in [0, 0.05) is 23.7 Å². The van der Waals surface area contributed by atoms with Gasteiger partial charge in [-0.3, -0.25) is 9.89 Å². The van der Waals surface area contributed by atoms with E-state index in [9.17, 15) is 9.18 Å². The standard InChI is InChI=1S/C18H12FN5O/c1-3-14-18-15(22-21-14)8-13(19)10(2)17(18)11-4-5-24-12(6-11)7-16(23-24)20-9-25/h1,4-9H,2H3,(H,21,22)(H,20,23,25). The number of anilines is 1. The number of benzene rings is 1.